The Labute approximate surface area is 98.6 Å². The molecule has 0 amide bonds. The van der Waals surface area contributed by atoms with Crippen molar-refractivity contribution in [2.24, 2.45) is 0 Å². The summed E-state index contributed by atoms with van der Waals surface area (Å²) in [7, 11) is 0. The number of nitrogens with one attached hydrogen (secondary N) is 1. The number of nitrogen functional groups attached to an aromatic ring is 1. The molecule has 1 heterocycles. The molecule has 6 heteroatoms. The summed E-state index contributed by atoms with van der Waals surface area (Å²) in [5.74, 6) is -0.169. The molecule has 3 N–H and O–H groups in total. The Morgan fingerprint density at radius 1 is 1.47 bits per heavy atom. The largest absolute Gasteiger partial charge is 0.369 e. The van der Waals surface area contributed by atoms with E-state index in [1.54, 1.807) is 6.07 Å². The molecule has 1 aromatic heterocycles. The van der Waals surface area contributed by atoms with Crippen LogP contribution in [-0.4, -0.2) is 9.97 Å². The summed E-state index contributed by atoms with van der Waals surface area (Å²) in [6.07, 6.45) is 0. The molecule has 3 nitrogen and oxygen atoms in total. The molecule has 0 bridgehead atoms. The van der Waals surface area contributed by atoms with Crippen LogP contribution in [0.4, 0.5) is 10.3 Å². The van der Waals surface area contributed by atoms with Gasteiger partial charge in [0.25, 0.3) is 0 Å². The van der Waals surface area contributed by atoms with Gasteiger partial charge < -0.3 is 10.7 Å². The summed E-state index contributed by atoms with van der Waals surface area (Å²) in [6, 6.07) is 4.37. The summed E-state index contributed by atoms with van der Waals surface area (Å²) in [5.41, 5.74) is 6.78. The molecule has 2 rings (SSSR count). The van der Waals surface area contributed by atoms with Crippen LogP contribution in [-0.2, 0) is 0 Å². The highest BCUT2D eigenvalue weighted by Crippen LogP contribution is 2.29. The molecule has 0 aliphatic carbocycles. The first-order chi connectivity index (χ1) is 7.08. The van der Waals surface area contributed by atoms with Crippen molar-refractivity contribution in [2.75, 3.05) is 5.73 Å². The maximum atomic E-state index is 12.9. The van der Waals surface area contributed by atoms with E-state index in [0.29, 0.717) is 15.9 Å². The number of halogens is 3. The fraction of sp³-hybridized carbons (Fsp3) is 0. The van der Waals surface area contributed by atoms with Crippen LogP contribution in [0.1, 0.15) is 0 Å². The average molecular weight is 291 g/mol. The van der Waals surface area contributed by atoms with Gasteiger partial charge in [-0.2, -0.15) is 0 Å². The summed E-state index contributed by atoms with van der Waals surface area (Å²) < 4.78 is 13.6. The second-order valence-electron chi connectivity index (χ2n) is 2.91. The number of hydrogen-bond acceptors (Lipinski definition) is 2. The second kappa shape index (κ2) is 3.83. The Morgan fingerprint density at radius 2 is 2.20 bits per heavy atom. The van der Waals surface area contributed by atoms with Gasteiger partial charge in [0.2, 0.25) is 0 Å². The number of anilines is 1. The number of aromatic amines is 1. The van der Waals surface area contributed by atoms with Gasteiger partial charge in [-0.15, -0.1) is 0 Å². The van der Waals surface area contributed by atoms with E-state index in [1.807, 2.05) is 0 Å². The van der Waals surface area contributed by atoms with Crippen molar-refractivity contribution in [1.29, 1.82) is 0 Å². The molecule has 0 fully saturated rings. The topological polar surface area (TPSA) is 54.7 Å². The molecule has 15 heavy (non-hydrogen) atoms. The quantitative estimate of drug-likeness (QED) is 0.847. The van der Waals surface area contributed by atoms with Crippen LogP contribution < -0.4 is 5.73 Å². The molecule has 0 saturated carbocycles. The standard InChI is InChI=1S/C9H6BrClFN3/c10-8-7(14-9(13)15-8)4-1-2-6(12)5(11)3-4/h1-3H,(H3,13,14,15). The number of aromatic nitrogens is 2. The molecule has 0 saturated heterocycles. The zero-order valence-electron chi connectivity index (χ0n) is 7.39. The lowest BCUT2D eigenvalue weighted by Gasteiger charge is -1.99. The number of benzene rings is 1. The van der Waals surface area contributed by atoms with Gasteiger partial charge in [0.05, 0.1) is 5.02 Å². The van der Waals surface area contributed by atoms with Crippen molar-refractivity contribution in [3.8, 4) is 11.3 Å². The highest BCUT2D eigenvalue weighted by molar-refractivity contribution is 9.10. The number of nitrogens with zero attached hydrogens (tertiary/aromatic N) is 1. The third-order valence-electron chi connectivity index (χ3n) is 1.87. The van der Waals surface area contributed by atoms with Crippen molar-refractivity contribution in [3.63, 3.8) is 0 Å². The molecule has 2 aromatic rings. The lowest BCUT2D eigenvalue weighted by atomic mass is 10.2. The maximum Gasteiger partial charge on any atom is 0.198 e. The minimum Gasteiger partial charge on any atom is -0.369 e. The second-order valence-corrected chi connectivity index (χ2v) is 4.11. The monoisotopic (exact) mass is 289 g/mol. The van der Waals surface area contributed by atoms with Crippen LogP contribution in [0.25, 0.3) is 11.3 Å². The van der Waals surface area contributed by atoms with Crippen molar-refractivity contribution < 1.29 is 4.39 Å². The van der Waals surface area contributed by atoms with Crippen LogP contribution >= 0.6 is 27.5 Å². The van der Waals surface area contributed by atoms with Gasteiger partial charge in [-0.25, -0.2) is 9.37 Å². The molecule has 0 spiro atoms. The van der Waals surface area contributed by atoms with Crippen LogP contribution in [0, 0.1) is 5.82 Å². The third-order valence-corrected chi connectivity index (χ3v) is 2.73. The zero-order chi connectivity index (χ0) is 11.0. The van der Waals surface area contributed by atoms with Crippen LogP contribution in [0.15, 0.2) is 22.8 Å². The summed E-state index contributed by atoms with van der Waals surface area (Å²) >= 11 is 8.93. The van der Waals surface area contributed by atoms with Crippen molar-refractivity contribution in [3.05, 3.63) is 33.6 Å². The predicted octanol–water partition coefficient (Wildman–Crippen LogP) is 3.21. The van der Waals surface area contributed by atoms with Crippen molar-refractivity contribution in [1.82, 2.24) is 9.97 Å². The number of nitrogens with two attached hydrogens (primary N) is 1. The summed E-state index contributed by atoms with van der Waals surface area (Å²) in [4.78, 5) is 6.83. The van der Waals surface area contributed by atoms with Gasteiger partial charge in [0.15, 0.2) is 5.95 Å². The molecule has 0 unspecified atom stereocenters. The molecule has 1 aromatic carbocycles. The average Bonchev–Trinajstić information content (AvgIpc) is 2.50. The fourth-order valence-electron chi connectivity index (χ4n) is 1.20. The Morgan fingerprint density at radius 3 is 2.73 bits per heavy atom. The van der Waals surface area contributed by atoms with E-state index in [4.69, 9.17) is 17.3 Å². The van der Waals surface area contributed by atoms with Gasteiger partial charge in [-0.3, -0.25) is 0 Å². The molecule has 0 atom stereocenters. The van der Waals surface area contributed by atoms with Gasteiger partial charge in [-0.05, 0) is 34.1 Å². The first-order valence-electron chi connectivity index (χ1n) is 4.04. The van der Waals surface area contributed by atoms with Crippen LogP contribution in [0.3, 0.4) is 0 Å². The first kappa shape index (κ1) is 10.4. The van der Waals surface area contributed by atoms with E-state index < -0.39 is 5.82 Å². The SMILES string of the molecule is Nc1nc(-c2ccc(F)c(Cl)c2)c(Br)[nH]1. The number of H-pyrrole nitrogens is 1. The first-order valence-corrected chi connectivity index (χ1v) is 5.21. The summed E-state index contributed by atoms with van der Waals surface area (Å²) in [6.45, 7) is 0. The minimum absolute atomic E-state index is 0.0565. The van der Waals surface area contributed by atoms with Gasteiger partial charge in [0, 0.05) is 5.56 Å². The highest BCUT2D eigenvalue weighted by atomic mass is 79.9. The van der Waals surface area contributed by atoms with E-state index in [2.05, 4.69) is 25.9 Å². The predicted molar refractivity (Wildman–Crippen MR) is 61.1 cm³/mol. The Hall–Kier alpha value is -1.07. The van der Waals surface area contributed by atoms with Gasteiger partial charge in [-0.1, -0.05) is 11.6 Å². The lowest BCUT2D eigenvalue weighted by molar-refractivity contribution is 0.628. The van der Waals surface area contributed by atoms with Crippen LogP contribution in [0.5, 0.6) is 0 Å². The highest BCUT2D eigenvalue weighted by Gasteiger charge is 2.10. The third kappa shape index (κ3) is 1.98. The fourth-order valence-corrected chi connectivity index (χ4v) is 1.91. The maximum absolute atomic E-state index is 12.9. The Kier molecular flexibility index (Phi) is 2.67. The van der Waals surface area contributed by atoms with Crippen molar-refractivity contribution >= 4 is 33.5 Å². The molecule has 78 valence electrons. The van der Waals surface area contributed by atoms with E-state index in [-0.39, 0.29) is 11.0 Å². The Bertz CT molecular complexity index is 512. The van der Waals surface area contributed by atoms with E-state index in [0.717, 1.165) is 0 Å². The number of hydrogen-bond donors (Lipinski definition) is 2. The van der Waals surface area contributed by atoms with Gasteiger partial charge in [0.1, 0.15) is 16.1 Å². The molecular weight excluding hydrogens is 284 g/mol. The van der Waals surface area contributed by atoms with Gasteiger partial charge >= 0.3 is 0 Å². The van der Waals surface area contributed by atoms with E-state index in [9.17, 15) is 4.39 Å². The molecule has 0 aliphatic rings. The molecule has 0 aliphatic heterocycles. The molecular formula is C9H6BrClFN3. The number of imidazole rings is 1. The smallest absolute Gasteiger partial charge is 0.198 e. The number of rotatable bonds is 1. The van der Waals surface area contributed by atoms with Crippen LogP contribution in [0.2, 0.25) is 5.02 Å². The lowest BCUT2D eigenvalue weighted by Crippen LogP contribution is -1.86. The van der Waals surface area contributed by atoms with E-state index >= 15 is 0 Å². The molecule has 0 radical (unpaired) electrons. The zero-order valence-corrected chi connectivity index (χ0v) is 9.73. The summed E-state index contributed by atoms with van der Waals surface area (Å²) in [5, 5.41) is 0.0565. The van der Waals surface area contributed by atoms with Crippen molar-refractivity contribution in [2.45, 2.75) is 0 Å². The normalized spacial score (nSPS) is 10.6. The Balaban J connectivity index is 2.54. The van der Waals surface area contributed by atoms with E-state index in [1.165, 1.54) is 12.1 Å². The minimum atomic E-state index is -0.458.